The van der Waals surface area contributed by atoms with Crippen LogP contribution in [0.3, 0.4) is 0 Å². The van der Waals surface area contributed by atoms with Gasteiger partial charge < -0.3 is 9.47 Å². The Morgan fingerprint density at radius 3 is 1.62 bits per heavy atom. The normalized spacial score (nSPS) is 47.1. The van der Waals surface area contributed by atoms with Crippen LogP contribution in [-0.2, 0) is 23.9 Å². The summed E-state index contributed by atoms with van der Waals surface area (Å²) in [6.45, 7) is 19.0. The smallest absolute Gasteiger partial charge is 0.306 e. The Morgan fingerprint density at radius 1 is 0.642 bits per heavy atom. The van der Waals surface area contributed by atoms with E-state index in [2.05, 4.69) is 54.2 Å². The summed E-state index contributed by atoms with van der Waals surface area (Å²) < 4.78 is 12.7. The average molecular weight is 727 g/mol. The minimum absolute atomic E-state index is 0.00242. The highest BCUT2D eigenvalue weighted by molar-refractivity contribution is 5.91. The number of carbonyl (C=O) groups excluding carboxylic acids is 3. The van der Waals surface area contributed by atoms with Gasteiger partial charge in [0.1, 0.15) is 12.2 Å². The Labute approximate surface area is 320 Å². The molecule has 0 heterocycles. The van der Waals surface area contributed by atoms with Crippen LogP contribution in [0.25, 0.3) is 0 Å². The lowest BCUT2D eigenvalue weighted by Crippen LogP contribution is -2.54. The molecule has 0 spiro atoms. The molecule has 8 aliphatic rings. The molecule has 8 unspecified atom stereocenters. The monoisotopic (exact) mass is 727 g/mol. The lowest BCUT2D eigenvalue weighted by atomic mass is 9.47. The molecule has 8 aliphatic carbocycles. The van der Waals surface area contributed by atoms with E-state index in [4.69, 9.17) is 9.47 Å². The number of fused-ring (bicyclic) bond motifs is 10. The highest BCUT2D eigenvalue weighted by Gasteiger charge is 2.62. The molecule has 0 radical (unpaired) electrons. The standard InChI is InChI=1S/C48H70O5/c1-27-13-15-35-32(21-27)22-28(2)45-37-17-19-39(47(37,6)25-30(4)43(35)45)52-41(50)11-9-8-10-12-42(51)53-40-20-18-38-46-29(3)23-33-24-34(49)14-16-36(33)44(46)31(5)26-48(38,40)7/h21,24,28-31,35-40,43-46H,1,8-20,22-23,25-26H2,2-7H3/t28-,29-,30+,31+,35?,36?,37?,38?,39+,40+,43?,44?,45?,46?,47+,48+/m1/s1. The van der Waals surface area contributed by atoms with Crippen molar-refractivity contribution in [1.29, 1.82) is 0 Å². The number of ether oxygens (including phenoxy) is 2. The first-order valence-corrected chi connectivity index (χ1v) is 22.3. The molecule has 0 bridgehead atoms. The second-order valence-electron chi connectivity index (χ2n) is 20.8. The van der Waals surface area contributed by atoms with E-state index >= 15 is 0 Å². The molecule has 0 amide bonds. The summed E-state index contributed by atoms with van der Waals surface area (Å²) in [6.07, 6.45) is 20.7. The van der Waals surface area contributed by atoms with Gasteiger partial charge >= 0.3 is 11.9 Å². The summed E-state index contributed by atoms with van der Waals surface area (Å²) in [5, 5.41) is 0. The molecular formula is C48H70O5. The van der Waals surface area contributed by atoms with Gasteiger partial charge in [0.2, 0.25) is 0 Å². The minimum atomic E-state index is -0.0608. The number of unbranched alkanes of at least 4 members (excludes halogenated alkanes) is 2. The third kappa shape index (κ3) is 6.56. The Kier molecular flexibility index (Phi) is 10.3. The van der Waals surface area contributed by atoms with Crippen LogP contribution in [0.5, 0.6) is 0 Å². The van der Waals surface area contributed by atoms with Gasteiger partial charge in [-0.3, -0.25) is 14.4 Å². The highest BCUT2D eigenvalue weighted by atomic mass is 16.5. The third-order valence-corrected chi connectivity index (χ3v) is 17.6. The topological polar surface area (TPSA) is 69.7 Å². The first-order chi connectivity index (χ1) is 25.3. The van der Waals surface area contributed by atoms with Crippen molar-refractivity contribution in [3.8, 4) is 0 Å². The molecule has 0 aromatic carbocycles. The van der Waals surface area contributed by atoms with E-state index in [9.17, 15) is 14.4 Å². The number of esters is 2. The fourth-order valence-electron chi connectivity index (χ4n) is 15.8. The van der Waals surface area contributed by atoms with Crippen molar-refractivity contribution >= 4 is 17.7 Å². The van der Waals surface area contributed by atoms with Gasteiger partial charge in [-0.05, 0) is 161 Å². The summed E-state index contributed by atoms with van der Waals surface area (Å²) >= 11 is 0. The first kappa shape index (κ1) is 37.7. The van der Waals surface area contributed by atoms with E-state index in [-0.39, 0.29) is 35.0 Å². The number of hydrogen-bond donors (Lipinski definition) is 0. The molecule has 5 nitrogen and oxygen atoms in total. The molecule has 292 valence electrons. The van der Waals surface area contributed by atoms with Crippen LogP contribution in [0.2, 0.25) is 0 Å². The number of ketones is 1. The van der Waals surface area contributed by atoms with Gasteiger partial charge in [0.15, 0.2) is 5.78 Å². The van der Waals surface area contributed by atoms with Gasteiger partial charge in [0.05, 0.1) is 0 Å². The minimum Gasteiger partial charge on any atom is -0.462 e. The van der Waals surface area contributed by atoms with Crippen molar-refractivity contribution in [1.82, 2.24) is 0 Å². The lowest BCUT2D eigenvalue weighted by Gasteiger charge is -2.58. The summed E-state index contributed by atoms with van der Waals surface area (Å²) in [5.74, 6) is 7.98. The van der Waals surface area contributed by atoms with Crippen molar-refractivity contribution < 1.29 is 23.9 Å². The number of hydrogen-bond acceptors (Lipinski definition) is 5. The second kappa shape index (κ2) is 14.4. The van der Waals surface area contributed by atoms with E-state index in [1.54, 1.807) is 5.57 Å². The number of allylic oxidation sites excluding steroid dienone is 4. The van der Waals surface area contributed by atoms with Crippen molar-refractivity contribution in [2.45, 2.75) is 163 Å². The predicted molar refractivity (Wildman–Crippen MR) is 209 cm³/mol. The van der Waals surface area contributed by atoms with Crippen LogP contribution in [0, 0.1) is 81.8 Å². The first-order valence-electron chi connectivity index (χ1n) is 22.3. The van der Waals surface area contributed by atoms with Crippen LogP contribution in [-0.4, -0.2) is 29.9 Å². The van der Waals surface area contributed by atoms with Gasteiger partial charge in [0.25, 0.3) is 0 Å². The maximum atomic E-state index is 13.3. The molecule has 6 fully saturated rings. The number of rotatable bonds is 8. The predicted octanol–water partition coefficient (Wildman–Crippen LogP) is 11.0. The SMILES string of the molecule is C=C1C=C2C[C@@H](C)C3C(C2CC1)[C@@H](C)C[C@@]1(C)C3CC[C@@H]1OC(=O)CCCCCC(=O)O[C@H]1CCC2C3C(C4CCC(=O)C=C4C[C@H]3C)[C@@H](C)C[C@@]21C. The second-order valence-corrected chi connectivity index (χ2v) is 20.8. The van der Waals surface area contributed by atoms with Crippen LogP contribution in [0.1, 0.15) is 151 Å². The molecule has 0 aromatic rings. The summed E-state index contributed by atoms with van der Waals surface area (Å²) in [5.41, 5.74) is 4.52. The van der Waals surface area contributed by atoms with Gasteiger partial charge in [-0.1, -0.05) is 77.3 Å². The molecule has 53 heavy (non-hydrogen) atoms. The zero-order valence-electron chi connectivity index (χ0n) is 34.0. The van der Waals surface area contributed by atoms with E-state index in [0.29, 0.717) is 78.3 Å². The third-order valence-electron chi connectivity index (χ3n) is 17.6. The van der Waals surface area contributed by atoms with Crippen molar-refractivity contribution in [2.75, 3.05) is 0 Å². The fourth-order valence-corrected chi connectivity index (χ4v) is 15.8. The quantitative estimate of drug-likeness (QED) is 0.184. The van der Waals surface area contributed by atoms with Crippen LogP contribution in [0.15, 0.2) is 35.5 Å². The Bertz CT molecular complexity index is 1430. The Morgan fingerprint density at radius 2 is 1.11 bits per heavy atom. The van der Waals surface area contributed by atoms with E-state index in [1.165, 1.54) is 30.4 Å². The zero-order chi connectivity index (χ0) is 37.4. The number of carbonyl (C=O) groups is 3. The molecule has 0 aromatic heterocycles. The van der Waals surface area contributed by atoms with Crippen LogP contribution in [0.4, 0.5) is 0 Å². The van der Waals surface area contributed by atoms with Crippen molar-refractivity contribution in [3.05, 3.63) is 35.5 Å². The van der Waals surface area contributed by atoms with Crippen LogP contribution >= 0.6 is 0 Å². The molecule has 5 heteroatoms. The maximum Gasteiger partial charge on any atom is 0.306 e. The summed E-state index contributed by atoms with van der Waals surface area (Å²) in [7, 11) is 0. The molecule has 0 N–H and O–H groups in total. The van der Waals surface area contributed by atoms with Crippen molar-refractivity contribution in [3.63, 3.8) is 0 Å². The van der Waals surface area contributed by atoms with Gasteiger partial charge in [-0.15, -0.1) is 0 Å². The average Bonchev–Trinajstić information content (AvgIpc) is 3.58. The van der Waals surface area contributed by atoms with E-state index in [1.807, 2.05) is 6.08 Å². The maximum absolute atomic E-state index is 13.3. The molecular weight excluding hydrogens is 657 g/mol. The fraction of sp³-hybridized carbons (Fsp3) is 0.812. The van der Waals surface area contributed by atoms with Gasteiger partial charge in [0, 0.05) is 30.1 Å². The Hall–Kier alpha value is -2.17. The van der Waals surface area contributed by atoms with Gasteiger partial charge in [-0.2, -0.15) is 0 Å². The summed E-state index contributed by atoms with van der Waals surface area (Å²) in [6, 6.07) is 0. The van der Waals surface area contributed by atoms with Gasteiger partial charge in [-0.25, -0.2) is 0 Å². The molecule has 6 saturated carbocycles. The highest BCUT2D eigenvalue weighted by Crippen LogP contribution is 2.67. The lowest BCUT2D eigenvalue weighted by molar-refractivity contribution is -0.163. The largest absolute Gasteiger partial charge is 0.462 e. The molecule has 0 aliphatic heterocycles. The van der Waals surface area contributed by atoms with E-state index in [0.717, 1.165) is 88.4 Å². The Balaban J connectivity index is 0.793. The zero-order valence-corrected chi connectivity index (χ0v) is 34.0. The molecule has 16 atom stereocenters. The molecule has 0 saturated heterocycles. The van der Waals surface area contributed by atoms with Crippen LogP contribution < -0.4 is 0 Å². The summed E-state index contributed by atoms with van der Waals surface area (Å²) in [4.78, 5) is 38.7. The molecule has 8 rings (SSSR count). The van der Waals surface area contributed by atoms with Crippen molar-refractivity contribution in [2.24, 2.45) is 81.8 Å². The van der Waals surface area contributed by atoms with E-state index < -0.39 is 0 Å².